The molecule has 0 bridgehead atoms. The van der Waals surface area contributed by atoms with Gasteiger partial charge in [0.05, 0.1) is 0 Å². The maximum atomic E-state index is 10.7. The highest BCUT2D eigenvalue weighted by atomic mass is 16.3. The zero-order valence-electron chi connectivity index (χ0n) is 8.06. The molecule has 0 heterocycles. The van der Waals surface area contributed by atoms with Crippen LogP contribution in [0.5, 0.6) is 11.5 Å². The van der Waals surface area contributed by atoms with Gasteiger partial charge in [-0.2, -0.15) is 0 Å². The minimum Gasteiger partial charge on any atom is -0.504 e. The van der Waals surface area contributed by atoms with E-state index in [2.05, 4.69) is 5.18 Å². The van der Waals surface area contributed by atoms with Gasteiger partial charge in [0.15, 0.2) is 11.5 Å². The van der Waals surface area contributed by atoms with Crippen LogP contribution in [0, 0.1) is 11.8 Å². The van der Waals surface area contributed by atoms with Crippen LogP contribution >= 0.6 is 0 Å². The van der Waals surface area contributed by atoms with Gasteiger partial charge in [0.2, 0.25) is 0 Å². The van der Waals surface area contributed by atoms with Gasteiger partial charge in [-0.3, -0.25) is 0 Å². The molecule has 2 rings (SSSR count). The van der Waals surface area contributed by atoms with Gasteiger partial charge in [0.25, 0.3) is 0 Å². The van der Waals surface area contributed by atoms with Crippen LogP contribution in [0.1, 0.15) is 5.56 Å². The van der Waals surface area contributed by atoms with E-state index >= 15 is 0 Å². The molecule has 76 valence electrons. The Labute approximate surface area is 85.8 Å². The third kappa shape index (κ3) is 1.22. The molecule has 0 aliphatic rings. The number of nitroso groups, excluding NO2 is 1. The van der Waals surface area contributed by atoms with Crippen LogP contribution in [0.25, 0.3) is 10.8 Å². The van der Waals surface area contributed by atoms with E-state index in [1.807, 2.05) is 0 Å². The summed E-state index contributed by atoms with van der Waals surface area (Å²) < 4.78 is 0. The second-order valence-electron chi connectivity index (χ2n) is 3.31. The first kappa shape index (κ1) is 9.45. The van der Waals surface area contributed by atoms with Gasteiger partial charge in [-0.15, -0.1) is 4.91 Å². The highest BCUT2D eigenvalue weighted by molar-refractivity contribution is 6.00. The summed E-state index contributed by atoms with van der Waals surface area (Å²) in [6, 6.07) is 6.76. The molecule has 2 N–H and O–H groups in total. The maximum Gasteiger partial charge on any atom is 0.165 e. The van der Waals surface area contributed by atoms with E-state index in [9.17, 15) is 15.1 Å². The van der Waals surface area contributed by atoms with Crippen LogP contribution in [0.3, 0.4) is 0 Å². The molecule has 0 atom stereocenters. The quantitative estimate of drug-likeness (QED) is 0.553. The topological polar surface area (TPSA) is 69.9 Å². The first-order chi connectivity index (χ1) is 7.16. The smallest absolute Gasteiger partial charge is 0.165 e. The van der Waals surface area contributed by atoms with Crippen molar-refractivity contribution in [1.29, 1.82) is 0 Å². The van der Waals surface area contributed by atoms with E-state index < -0.39 is 0 Å². The van der Waals surface area contributed by atoms with Gasteiger partial charge in [-0.05, 0) is 12.1 Å². The summed E-state index contributed by atoms with van der Waals surface area (Å²) in [6.45, 7) is 1.54. The number of nitrogens with zero attached hydrogens (tertiary/aromatic N) is 1. The Balaban J connectivity index is 3.04. The SMILES string of the molecule is Cc1c(O)c(O)c2ccccc2c1N=O. The van der Waals surface area contributed by atoms with Crippen molar-refractivity contribution in [3.63, 3.8) is 0 Å². The van der Waals surface area contributed by atoms with Crippen molar-refractivity contribution in [2.45, 2.75) is 6.92 Å². The van der Waals surface area contributed by atoms with Crippen molar-refractivity contribution in [1.82, 2.24) is 0 Å². The highest BCUT2D eigenvalue weighted by Crippen LogP contribution is 2.43. The van der Waals surface area contributed by atoms with E-state index in [4.69, 9.17) is 0 Å². The highest BCUT2D eigenvalue weighted by Gasteiger charge is 2.15. The molecule has 0 spiro atoms. The molecule has 0 unspecified atom stereocenters. The van der Waals surface area contributed by atoms with Crippen molar-refractivity contribution >= 4 is 16.5 Å². The van der Waals surface area contributed by atoms with Gasteiger partial charge < -0.3 is 10.2 Å². The Hall–Kier alpha value is -2.10. The Morgan fingerprint density at radius 1 is 1.07 bits per heavy atom. The van der Waals surface area contributed by atoms with E-state index in [0.29, 0.717) is 16.3 Å². The molecular weight excluding hydrogens is 194 g/mol. The van der Waals surface area contributed by atoms with Gasteiger partial charge in [0, 0.05) is 16.3 Å². The van der Waals surface area contributed by atoms with Gasteiger partial charge in [0.1, 0.15) is 5.69 Å². The molecule has 0 saturated carbocycles. The van der Waals surface area contributed by atoms with Crippen molar-refractivity contribution in [2.24, 2.45) is 5.18 Å². The standard InChI is InChI=1S/C11H9NO3/c1-6-9(12-15)7-4-2-3-5-8(7)11(14)10(6)13/h2-5,13-14H,1H3. The van der Waals surface area contributed by atoms with Crippen LogP contribution in [0.4, 0.5) is 5.69 Å². The molecule has 15 heavy (non-hydrogen) atoms. The fourth-order valence-electron chi connectivity index (χ4n) is 1.63. The molecule has 2 aromatic carbocycles. The summed E-state index contributed by atoms with van der Waals surface area (Å²) in [7, 11) is 0. The number of hydrogen-bond donors (Lipinski definition) is 2. The van der Waals surface area contributed by atoms with Gasteiger partial charge in [-0.25, -0.2) is 0 Å². The fourth-order valence-corrected chi connectivity index (χ4v) is 1.63. The number of rotatable bonds is 1. The minimum atomic E-state index is -0.289. The van der Waals surface area contributed by atoms with Gasteiger partial charge >= 0.3 is 0 Å². The van der Waals surface area contributed by atoms with Crippen molar-refractivity contribution in [2.75, 3.05) is 0 Å². The third-order valence-corrected chi connectivity index (χ3v) is 2.46. The summed E-state index contributed by atoms with van der Waals surface area (Å²) in [5.41, 5.74) is 0.460. The molecule has 4 heteroatoms. The summed E-state index contributed by atoms with van der Waals surface area (Å²) in [5, 5.41) is 23.1. The number of phenolic OH excluding ortho intramolecular Hbond substituents is 2. The molecule has 0 saturated heterocycles. The van der Waals surface area contributed by atoms with Crippen molar-refractivity contribution in [3.8, 4) is 11.5 Å². The summed E-state index contributed by atoms with van der Waals surface area (Å²) in [4.78, 5) is 10.7. The van der Waals surface area contributed by atoms with E-state index in [0.717, 1.165) is 0 Å². The first-order valence-electron chi connectivity index (χ1n) is 4.43. The van der Waals surface area contributed by atoms with Crippen LogP contribution in [0.2, 0.25) is 0 Å². The van der Waals surface area contributed by atoms with Crippen LogP contribution in [0.15, 0.2) is 29.4 Å². The lowest BCUT2D eigenvalue weighted by molar-refractivity contribution is 0.406. The van der Waals surface area contributed by atoms with E-state index in [1.54, 1.807) is 24.3 Å². The molecule has 4 nitrogen and oxygen atoms in total. The average Bonchev–Trinajstić information content (AvgIpc) is 2.27. The maximum absolute atomic E-state index is 10.7. The summed E-state index contributed by atoms with van der Waals surface area (Å²) in [5.74, 6) is -0.501. The summed E-state index contributed by atoms with van der Waals surface area (Å²) >= 11 is 0. The molecule has 2 aromatic rings. The molecule has 0 aliphatic carbocycles. The lowest BCUT2D eigenvalue weighted by Crippen LogP contribution is -1.82. The predicted molar refractivity (Wildman–Crippen MR) is 57.5 cm³/mol. The Morgan fingerprint density at radius 2 is 1.67 bits per heavy atom. The second-order valence-corrected chi connectivity index (χ2v) is 3.31. The number of fused-ring (bicyclic) bond motifs is 1. The molecule has 0 fully saturated rings. The van der Waals surface area contributed by atoms with Crippen molar-refractivity contribution in [3.05, 3.63) is 34.7 Å². The van der Waals surface area contributed by atoms with E-state index in [1.165, 1.54) is 6.92 Å². The van der Waals surface area contributed by atoms with Crippen molar-refractivity contribution < 1.29 is 10.2 Å². The average molecular weight is 203 g/mol. The number of aromatic hydroxyl groups is 2. The molecule has 0 aromatic heterocycles. The second kappa shape index (κ2) is 3.24. The Bertz CT molecular complexity index is 549. The number of hydrogen-bond acceptors (Lipinski definition) is 4. The van der Waals surface area contributed by atoms with Crippen LogP contribution < -0.4 is 0 Å². The zero-order valence-corrected chi connectivity index (χ0v) is 8.06. The molecular formula is C11H9NO3. The normalized spacial score (nSPS) is 10.5. The molecule has 0 radical (unpaired) electrons. The fraction of sp³-hybridized carbons (Fsp3) is 0.0909. The molecule has 0 amide bonds. The lowest BCUT2D eigenvalue weighted by Gasteiger charge is -2.08. The zero-order chi connectivity index (χ0) is 11.0. The lowest BCUT2D eigenvalue weighted by atomic mass is 10.0. The van der Waals surface area contributed by atoms with Gasteiger partial charge in [-0.1, -0.05) is 24.3 Å². The summed E-state index contributed by atoms with van der Waals surface area (Å²) in [6.07, 6.45) is 0. The third-order valence-electron chi connectivity index (χ3n) is 2.46. The largest absolute Gasteiger partial charge is 0.504 e. The minimum absolute atomic E-state index is 0.168. The van der Waals surface area contributed by atoms with Crippen LogP contribution in [-0.2, 0) is 0 Å². The Morgan fingerprint density at radius 3 is 2.27 bits per heavy atom. The molecule has 0 aliphatic heterocycles. The first-order valence-corrected chi connectivity index (χ1v) is 4.43. The number of phenols is 2. The monoisotopic (exact) mass is 203 g/mol. The predicted octanol–water partition coefficient (Wildman–Crippen LogP) is 2.96. The van der Waals surface area contributed by atoms with Crippen LogP contribution in [-0.4, -0.2) is 10.2 Å². The van der Waals surface area contributed by atoms with E-state index in [-0.39, 0.29) is 17.2 Å². The number of benzene rings is 2. The Kier molecular flexibility index (Phi) is 2.04.